The zero-order chi connectivity index (χ0) is 13.9. The maximum Gasteiger partial charge on any atom is 0.0766 e. The van der Waals surface area contributed by atoms with Crippen molar-refractivity contribution < 1.29 is 4.74 Å². The number of ether oxygens (including phenoxy) is 1. The summed E-state index contributed by atoms with van der Waals surface area (Å²) in [7, 11) is 0. The fourth-order valence-electron chi connectivity index (χ4n) is 2.60. The number of nitrogens with zero attached hydrogens (tertiary/aromatic N) is 3. The SMILES string of the molecule is CCc1nn(CC)c(CC2(C#N)CCOCC2)c1Br. The molecule has 0 N–H and O–H groups in total. The summed E-state index contributed by atoms with van der Waals surface area (Å²) >= 11 is 3.66. The zero-order valence-corrected chi connectivity index (χ0v) is 13.2. The third-order valence-electron chi connectivity index (χ3n) is 3.89. The van der Waals surface area contributed by atoms with Crippen LogP contribution < -0.4 is 0 Å². The predicted molar refractivity (Wildman–Crippen MR) is 76.8 cm³/mol. The summed E-state index contributed by atoms with van der Waals surface area (Å²) in [5.41, 5.74) is 1.94. The van der Waals surface area contributed by atoms with Gasteiger partial charge in [-0.05, 0) is 42.1 Å². The van der Waals surface area contributed by atoms with Gasteiger partial charge >= 0.3 is 0 Å². The van der Waals surface area contributed by atoms with E-state index in [9.17, 15) is 5.26 Å². The van der Waals surface area contributed by atoms with E-state index in [0.29, 0.717) is 13.2 Å². The van der Waals surface area contributed by atoms with Gasteiger partial charge in [0.15, 0.2) is 0 Å². The molecule has 2 heterocycles. The summed E-state index contributed by atoms with van der Waals surface area (Å²) in [6.07, 6.45) is 3.29. The van der Waals surface area contributed by atoms with E-state index in [1.807, 2.05) is 4.68 Å². The quantitative estimate of drug-likeness (QED) is 0.854. The number of aryl methyl sites for hydroxylation is 2. The van der Waals surface area contributed by atoms with Crippen LogP contribution in [0.15, 0.2) is 4.47 Å². The second-order valence-corrected chi connectivity index (χ2v) is 5.85. The molecule has 1 aromatic rings. The summed E-state index contributed by atoms with van der Waals surface area (Å²) in [6, 6.07) is 2.53. The highest BCUT2D eigenvalue weighted by Gasteiger charge is 2.35. The van der Waals surface area contributed by atoms with E-state index in [-0.39, 0.29) is 5.41 Å². The average Bonchev–Trinajstić information content (AvgIpc) is 2.76. The largest absolute Gasteiger partial charge is 0.381 e. The molecular formula is C14H20BrN3O. The van der Waals surface area contributed by atoms with Crippen LogP contribution in [0.25, 0.3) is 0 Å². The minimum absolute atomic E-state index is 0.293. The van der Waals surface area contributed by atoms with Crippen molar-refractivity contribution >= 4 is 15.9 Å². The number of aromatic nitrogens is 2. The molecule has 19 heavy (non-hydrogen) atoms. The molecule has 5 heteroatoms. The molecule has 1 aliphatic heterocycles. The molecule has 0 amide bonds. The Bertz CT molecular complexity index is 484. The van der Waals surface area contributed by atoms with Gasteiger partial charge in [-0.25, -0.2) is 0 Å². The first-order chi connectivity index (χ1) is 9.15. The van der Waals surface area contributed by atoms with Crippen molar-refractivity contribution in [3.8, 4) is 6.07 Å². The smallest absolute Gasteiger partial charge is 0.0766 e. The summed E-state index contributed by atoms with van der Waals surface area (Å²) in [6.45, 7) is 6.40. The fourth-order valence-corrected chi connectivity index (χ4v) is 3.30. The predicted octanol–water partition coefficient (Wildman–Crippen LogP) is 3.09. The fraction of sp³-hybridized carbons (Fsp3) is 0.714. The number of rotatable bonds is 4. The van der Waals surface area contributed by atoms with Gasteiger partial charge in [0, 0.05) is 26.2 Å². The molecule has 104 valence electrons. The Kier molecular flexibility index (Phi) is 4.64. The van der Waals surface area contributed by atoms with Crippen molar-refractivity contribution in [3.63, 3.8) is 0 Å². The van der Waals surface area contributed by atoms with Crippen LogP contribution in [0.4, 0.5) is 0 Å². The second-order valence-electron chi connectivity index (χ2n) is 5.06. The van der Waals surface area contributed by atoms with E-state index in [2.05, 4.69) is 40.9 Å². The van der Waals surface area contributed by atoms with Gasteiger partial charge in [-0.15, -0.1) is 0 Å². The molecule has 0 aromatic carbocycles. The monoisotopic (exact) mass is 325 g/mol. The zero-order valence-electron chi connectivity index (χ0n) is 11.6. The number of hydrogen-bond acceptors (Lipinski definition) is 3. The minimum Gasteiger partial charge on any atom is -0.381 e. The van der Waals surface area contributed by atoms with Gasteiger partial charge in [-0.1, -0.05) is 6.92 Å². The molecule has 0 aliphatic carbocycles. The molecule has 1 fully saturated rings. The molecule has 0 radical (unpaired) electrons. The second kappa shape index (κ2) is 6.06. The van der Waals surface area contributed by atoms with E-state index in [0.717, 1.165) is 48.1 Å². The molecule has 0 spiro atoms. The Morgan fingerprint density at radius 3 is 2.63 bits per heavy atom. The van der Waals surface area contributed by atoms with Crippen LogP contribution in [0, 0.1) is 16.7 Å². The first kappa shape index (κ1) is 14.5. The molecule has 0 unspecified atom stereocenters. The van der Waals surface area contributed by atoms with E-state index in [1.165, 1.54) is 0 Å². The highest BCUT2D eigenvalue weighted by atomic mass is 79.9. The van der Waals surface area contributed by atoms with Crippen molar-refractivity contribution in [3.05, 3.63) is 15.9 Å². The summed E-state index contributed by atoms with van der Waals surface area (Å²) in [5, 5.41) is 14.2. The minimum atomic E-state index is -0.293. The van der Waals surface area contributed by atoms with Crippen LogP contribution >= 0.6 is 15.9 Å². The Hall–Kier alpha value is -0.860. The van der Waals surface area contributed by atoms with Crippen LogP contribution in [0.5, 0.6) is 0 Å². The lowest BCUT2D eigenvalue weighted by Gasteiger charge is -2.30. The molecular weight excluding hydrogens is 306 g/mol. The molecule has 1 aromatic heterocycles. The van der Waals surface area contributed by atoms with Crippen molar-refractivity contribution in [2.75, 3.05) is 13.2 Å². The van der Waals surface area contributed by atoms with Gasteiger partial charge in [-0.2, -0.15) is 10.4 Å². The Balaban J connectivity index is 2.31. The van der Waals surface area contributed by atoms with Crippen LogP contribution in [-0.2, 0) is 24.1 Å². The molecule has 0 atom stereocenters. The Morgan fingerprint density at radius 1 is 1.42 bits per heavy atom. The first-order valence-electron chi connectivity index (χ1n) is 6.89. The number of halogens is 1. The molecule has 4 nitrogen and oxygen atoms in total. The van der Waals surface area contributed by atoms with Crippen LogP contribution in [-0.4, -0.2) is 23.0 Å². The third kappa shape index (κ3) is 2.85. The average molecular weight is 326 g/mol. The van der Waals surface area contributed by atoms with E-state index in [4.69, 9.17) is 4.74 Å². The van der Waals surface area contributed by atoms with Gasteiger partial charge in [0.25, 0.3) is 0 Å². The summed E-state index contributed by atoms with van der Waals surface area (Å²) in [5.74, 6) is 0. The van der Waals surface area contributed by atoms with E-state index >= 15 is 0 Å². The van der Waals surface area contributed by atoms with Crippen molar-refractivity contribution in [1.82, 2.24) is 9.78 Å². The Labute approximate surface area is 122 Å². The van der Waals surface area contributed by atoms with Crippen LogP contribution in [0.3, 0.4) is 0 Å². The summed E-state index contributed by atoms with van der Waals surface area (Å²) < 4.78 is 8.50. The highest BCUT2D eigenvalue weighted by Crippen LogP contribution is 2.36. The van der Waals surface area contributed by atoms with E-state index in [1.54, 1.807) is 0 Å². The molecule has 1 saturated heterocycles. The number of hydrogen-bond donors (Lipinski definition) is 0. The topological polar surface area (TPSA) is 50.8 Å². The standard InChI is InChI=1S/C14H20BrN3O/c1-3-11-13(15)12(18(4-2)17-11)9-14(10-16)5-7-19-8-6-14/h3-9H2,1-2H3. The highest BCUT2D eigenvalue weighted by molar-refractivity contribution is 9.10. The molecule has 2 rings (SSSR count). The lowest BCUT2D eigenvalue weighted by Crippen LogP contribution is -2.31. The van der Waals surface area contributed by atoms with Gasteiger partial charge in [-0.3, -0.25) is 4.68 Å². The van der Waals surface area contributed by atoms with Gasteiger partial charge in [0.2, 0.25) is 0 Å². The first-order valence-corrected chi connectivity index (χ1v) is 7.68. The normalized spacial score (nSPS) is 18.2. The Morgan fingerprint density at radius 2 is 2.11 bits per heavy atom. The van der Waals surface area contributed by atoms with Crippen molar-refractivity contribution in [1.29, 1.82) is 5.26 Å². The van der Waals surface area contributed by atoms with Gasteiger partial charge < -0.3 is 4.74 Å². The molecule has 0 saturated carbocycles. The van der Waals surface area contributed by atoms with Crippen molar-refractivity contribution in [2.24, 2.45) is 5.41 Å². The van der Waals surface area contributed by atoms with Crippen molar-refractivity contribution in [2.45, 2.75) is 46.1 Å². The lowest BCUT2D eigenvalue weighted by atomic mass is 9.78. The lowest BCUT2D eigenvalue weighted by molar-refractivity contribution is 0.0398. The van der Waals surface area contributed by atoms with Gasteiger partial charge in [0.1, 0.15) is 0 Å². The third-order valence-corrected chi connectivity index (χ3v) is 4.80. The summed E-state index contributed by atoms with van der Waals surface area (Å²) in [4.78, 5) is 0. The maximum atomic E-state index is 9.57. The number of nitriles is 1. The molecule has 1 aliphatic rings. The molecule has 0 bridgehead atoms. The van der Waals surface area contributed by atoms with Crippen LogP contribution in [0.2, 0.25) is 0 Å². The maximum absolute atomic E-state index is 9.57. The van der Waals surface area contributed by atoms with Crippen LogP contribution in [0.1, 0.15) is 38.1 Å². The van der Waals surface area contributed by atoms with Gasteiger partial charge in [0.05, 0.1) is 27.3 Å². The van der Waals surface area contributed by atoms with E-state index < -0.39 is 0 Å².